The summed E-state index contributed by atoms with van der Waals surface area (Å²) in [6.45, 7) is 3.63. The van der Waals surface area contributed by atoms with Crippen molar-refractivity contribution >= 4 is 11.8 Å². The van der Waals surface area contributed by atoms with Crippen molar-refractivity contribution in [2.75, 3.05) is 0 Å². The molecule has 0 saturated heterocycles. The Morgan fingerprint density at radius 1 is 1.20 bits per heavy atom. The van der Waals surface area contributed by atoms with Gasteiger partial charge in [-0.2, -0.15) is 13.2 Å². The number of hydrogen-bond donors (Lipinski definition) is 2. The largest absolute Gasteiger partial charge is 0.416 e. The van der Waals surface area contributed by atoms with Crippen LogP contribution >= 0.6 is 0 Å². The molecular weight excluding hydrogens is 333 g/mol. The summed E-state index contributed by atoms with van der Waals surface area (Å²) in [5, 5.41) is 2.42. The fourth-order valence-corrected chi connectivity index (χ4v) is 2.35. The average molecular weight is 356 g/mol. The molecule has 0 heterocycles. The molecular formula is C18H23F3N2O2. The zero-order chi connectivity index (χ0) is 18.9. The van der Waals surface area contributed by atoms with Gasteiger partial charge in [0.15, 0.2) is 0 Å². The maximum absolute atomic E-state index is 12.7. The van der Waals surface area contributed by atoms with Crippen LogP contribution < -0.4 is 11.1 Å². The van der Waals surface area contributed by atoms with E-state index < -0.39 is 29.6 Å². The number of primary amides is 1. The van der Waals surface area contributed by atoms with Crippen molar-refractivity contribution in [1.82, 2.24) is 5.32 Å². The lowest BCUT2D eigenvalue weighted by molar-refractivity contribution is -0.137. The molecule has 1 atom stereocenters. The number of halogens is 3. The van der Waals surface area contributed by atoms with Crippen molar-refractivity contribution < 1.29 is 22.8 Å². The molecule has 0 unspecified atom stereocenters. The minimum Gasteiger partial charge on any atom is -0.368 e. The Morgan fingerprint density at radius 2 is 1.88 bits per heavy atom. The number of carbonyl (C=O) groups excluding carboxylic acids is 2. The molecule has 0 aliphatic rings. The van der Waals surface area contributed by atoms with Gasteiger partial charge in [-0.1, -0.05) is 31.4 Å². The normalized spacial score (nSPS) is 12.4. The van der Waals surface area contributed by atoms with Gasteiger partial charge in [0.1, 0.15) is 6.04 Å². The zero-order valence-corrected chi connectivity index (χ0v) is 13.9. The minimum absolute atomic E-state index is 0.160. The van der Waals surface area contributed by atoms with E-state index in [2.05, 4.69) is 11.9 Å². The number of amides is 2. The van der Waals surface area contributed by atoms with Gasteiger partial charge in [-0.15, -0.1) is 6.58 Å². The van der Waals surface area contributed by atoms with Crippen LogP contribution in [0.2, 0.25) is 0 Å². The molecule has 7 heteroatoms. The number of allylic oxidation sites excluding steroid dienone is 1. The van der Waals surface area contributed by atoms with Crippen molar-refractivity contribution in [3.63, 3.8) is 0 Å². The average Bonchev–Trinajstić information content (AvgIpc) is 2.55. The molecule has 1 rings (SSSR count). The molecule has 0 spiro atoms. The SMILES string of the molecule is C=CCCCCCC[C@@H](NC(=O)c1cccc(C(F)(F)F)c1)C(N)=O. The van der Waals surface area contributed by atoms with Crippen LogP contribution in [0.4, 0.5) is 13.2 Å². The summed E-state index contributed by atoms with van der Waals surface area (Å²) in [5.74, 6) is -1.45. The summed E-state index contributed by atoms with van der Waals surface area (Å²) >= 11 is 0. The van der Waals surface area contributed by atoms with Gasteiger partial charge in [0, 0.05) is 5.56 Å². The molecule has 0 aliphatic heterocycles. The van der Waals surface area contributed by atoms with E-state index in [9.17, 15) is 22.8 Å². The minimum atomic E-state index is -4.54. The molecule has 0 fully saturated rings. The summed E-state index contributed by atoms with van der Waals surface area (Å²) in [5.41, 5.74) is 4.20. The van der Waals surface area contributed by atoms with Crippen LogP contribution in [-0.4, -0.2) is 17.9 Å². The molecule has 0 bridgehead atoms. The molecule has 1 aromatic carbocycles. The second-order valence-electron chi connectivity index (χ2n) is 5.79. The summed E-state index contributed by atoms with van der Waals surface area (Å²) in [4.78, 5) is 23.6. The number of alkyl halides is 3. The second kappa shape index (κ2) is 9.86. The van der Waals surface area contributed by atoms with Crippen LogP contribution in [0.3, 0.4) is 0 Å². The maximum Gasteiger partial charge on any atom is 0.416 e. The van der Waals surface area contributed by atoms with Gasteiger partial charge in [-0.05, 0) is 37.5 Å². The third-order valence-corrected chi connectivity index (χ3v) is 3.75. The van der Waals surface area contributed by atoms with Crippen molar-refractivity contribution in [1.29, 1.82) is 0 Å². The van der Waals surface area contributed by atoms with Gasteiger partial charge >= 0.3 is 6.18 Å². The topological polar surface area (TPSA) is 72.2 Å². The fraction of sp³-hybridized carbons (Fsp3) is 0.444. The molecule has 0 aliphatic carbocycles. The predicted octanol–water partition coefficient (Wildman–Crippen LogP) is 3.82. The lowest BCUT2D eigenvalue weighted by Gasteiger charge is -2.16. The Hall–Kier alpha value is -2.31. The van der Waals surface area contributed by atoms with Crippen molar-refractivity contribution in [2.45, 2.75) is 50.7 Å². The third kappa shape index (κ3) is 7.41. The molecule has 1 aromatic rings. The second-order valence-corrected chi connectivity index (χ2v) is 5.79. The van der Waals surface area contributed by atoms with Crippen LogP contribution in [0.5, 0.6) is 0 Å². The molecule has 0 aromatic heterocycles. The monoisotopic (exact) mass is 356 g/mol. The first-order valence-electron chi connectivity index (χ1n) is 8.14. The number of nitrogens with two attached hydrogens (primary N) is 1. The Labute approximate surface area is 145 Å². The van der Waals surface area contributed by atoms with E-state index in [1.165, 1.54) is 6.07 Å². The molecule has 0 saturated carbocycles. The van der Waals surface area contributed by atoms with E-state index in [-0.39, 0.29) is 5.56 Å². The van der Waals surface area contributed by atoms with Crippen LogP contribution in [0.1, 0.15) is 54.4 Å². The first-order valence-corrected chi connectivity index (χ1v) is 8.14. The highest BCUT2D eigenvalue weighted by Crippen LogP contribution is 2.29. The van der Waals surface area contributed by atoms with Crippen LogP contribution in [0, 0.1) is 0 Å². The Morgan fingerprint density at radius 3 is 2.48 bits per heavy atom. The molecule has 138 valence electrons. The van der Waals surface area contributed by atoms with E-state index in [0.717, 1.165) is 43.9 Å². The van der Waals surface area contributed by atoms with E-state index in [4.69, 9.17) is 5.73 Å². The zero-order valence-electron chi connectivity index (χ0n) is 13.9. The first kappa shape index (κ1) is 20.7. The predicted molar refractivity (Wildman–Crippen MR) is 89.8 cm³/mol. The number of nitrogens with one attached hydrogen (secondary N) is 1. The Kier molecular flexibility index (Phi) is 8.18. The van der Waals surface area contributed by atoms with E-state index in [1.807, 2.05) is 6.08 Å². The lowest BCUT2D eigenvalue weighted by atomic mass is 10.0. The summed E-state index contributed by atoms with van der Waals surface area (Å²) < 4.78 is 38.1. The first-order chi connectivity index (χ1) is 11.8. The van der Waals surface area contributed by atoms with Gasteiger partial charge in [-0.3, -0.25) is 9.59 Å². The molecule has 25 heavy (non-hydrogen) atoms. The van der Waals surface area contributed by atoms with Crippen molar-refractivity contribution in [2.24, 2.45) is 5.73 Å². The molecule has 3 N–H and O–H groups in total. The molecule has 0 radical (unpaired) electrons. The summed E-state index contributed by atoms with van der Waals surface area (Å²) in [6, 6.07) is 3.14. The highest BCUT2D eigenvalue weighted by atomic mass is 19.4. The van der Waals surface area contributed by atoms with Gasteiger partial charge in [0.25, 0.3) is 5.91 Å². The van der Waals surface area contributed by atoms with E-state index in [0.29, 0.717) is 12.8 Å². The number of benzene rings is 1. The van der Waals surface area contributed by atoms with Gasteiger partial charge in [-0.25, -0.2) is 0 Å². The Balaban J connectivity index is 2.61. The fourth-order valence-electron chi connectivity index (χ4n) is 2.35. The smallest absolute Gasteiger partial charge is 0.368 e. The van der Waals surface area contributed by atoms with Gasteiger partial charge in [0.2, 0.25) is 5.91 Å². The van der Waals surface area contributed by atoms with Gasteiger partial charge < -0.3 is 11.1 Å². The van der Waals surface area contributed by atoms with Crippen molar-refractivity contribution in [3.05, 3.63) is 48.0 Å². The number of hydrogen-bond acceptors (Lipinski definition) is 2. The lowest BCUT2D eigenvalue weighted by Crippen LogP contribution is -2.44. The number of unbranched alkanes of at least 4 members (excludes halogenated alkanes) is 4. The van der Waals surface area contributed by atoms with Crippen molar-refractivity contribution in [3.8, 4) is 0 Å². The van der Waals surface area contributed by atoms with E-state index in [1.54, 1.807) is 0 Å². The molecule has 2 amide bonds. The quantitative estimate of drug-likeness (QED) is 0.494. The van der Waals surface area contributed by atoms with Crippen LogP contribution in [0.15, 0.2) is 36.9 Å². The van der Waals surface area contributed by atoms with Crippen LogP contribution in [0.25, 0.3) is 0 Å². The number of rotatable bonds is 10. The Bertz CT molecular complexity index is 600. The van der Waals surface area contributed by atoms with Gasteiger partial charge in [0.05, 0.1) is 5.56 Å². The highest BCUT2D eigenvalue weighted by molar-refractivity contribution is 5.97. The third-order valence-electron chi connectivity index (χ3n) is 3.75. The van der Waals surface area contributed by atoms with Crippen LogP contribution in [-0.2, 0) is 11.0 Å². The number of carbonyl (C=O) groups is 2. The van der Waals surface area contributed by atoms with E-state index >= 15 is 0 Å². The molecule has 4 nitrogen and oxygen atoms in total. The summed E-state index contributed by atoms with van der Waals surface area (Å²) in [7, 11) is 0. The highest BCUT2D eigenvalue weighted by Gasteiger charge is 2.31. The summed E-state index contributed by atoms with van der Waals surface area (Å²) in [6.07, 6.45) is 2.11. The standard InChI is InChI=1S/C18H23F3N2O2/c1-2-3-4-5-6-7-11-15(16(22)24)23-17(25)13-9-8-10-14(12-13)18(19,20)21/h2,8-10,12,15H,1,3-7,11H2,(H2,22,24)(H,23,25)/t15-/m1/s1. The maximum atomic E-state index is 12.7.